The fourth-order valence-corrected chi connectivity index (χ4v) is 2.93. The maximum Gasteiger partial charge on any atom is 0.339 e. The molecule has 1 aliphatic heterocycles. The van der Waals surface area contributed by atoms with E-state index in [0.717, 1.165) is 38.8 Å². The lowest BCUT2D eigenvalue weighted by Gasteiger charge is -2.34. The van der Waals surface area contributed by atoms with Crippen molar-refractivity contribution in [2.24, 2.45) is 5.92 Å². The minimum atomic E-state index is -0.392. The molecular weight excluding hydrogens is 282 g/mol. The van der Waals surface area contributed by atoms with E-state index < -0.39 is 5.63 Å². The monoisotopic (exact) mass is 307 g/mol. The highest BCUT2D eigenvalue weighted by atomic mass is 16.5. The highest BCUT2D eigenvalue weighted by Gasteiger charge is 2.27. The number of ether oxygens (including phenoxy) is 1. The maximum absolute atomic E-state index is 12.3. The van der Waals surface area contributed by atoms with Crippen molar-refractivity contribution in [2.45, 2.75) is 52.6 Å². The van der Waals surface area contributed by atoms with Crippen molar-refractivity contribution in [3.63, 3.8) is 0 Å². The van der Waals surface area contributed by atoms with Gasteiger partial charge in [0.2, 0.25) is 5.91 Å². The van der Waals surface area contributed by atoms with E-state index >= 15 is 0 Å². The van der Waals surface area contributed by atoms with Crippen LogP contribution in [-0.4, -0.2) is 30.0 Å². The largest absolute Gasteiger partial charge is 0.490 e. The molecule has 1 aliphatic rings. The van der Waals surface area contributed by atoms with Crippen molar-refractivity contribution in [1.82, 2.24) is 4.90 Å². The third-order valence-corrected chi connectivity index (χ3v) is 4.26. The number of amides is 1. The summed E-state index contributed by atoms with van der Waals surface area (Å²) in [5, 5.41) is 0. The summed E-state index contributed by atoms with van der Waals surface area (Å²) in [7, 11) is 0. The Hall–Kier alpha value is -1.78. The zero-order valence-electron chi connectivity index (χ0n) is 13.6. The Morgan fingerprint density at radius 3 is 2.50 bits per heavy atom. The molecule has 1 aromatic rings. The Labute approximate surface area is 131 Å². The summed E-state index contributed by atoms with van der Waals surface area (Å²) in [6.07, 6.45) is 3.43. The van der Waals surface area contributed by atoms with Gasteiger partial charge >= 0.3 is 5.63 Å². The lowest BCUT2D eigenvalue weighted by Crippen LogP contribution is -2.44. The first-order valence-electron chi connectivity index (χ1n) is 8.10. The molecule has 5 nitrogen and oxygen atoms in total. The first kappa shape index (κ1) is 16.6. The van der Waals surface area contributed by atoms with Crippen LogP contribution >= 0.6 is 0 Å². The second-order valence-electron chi connectivity index (χ2n) is 5.88. The molecule has 5 heteroatoms. The molecule has 122 valence electrons. The molecule has 1 aromatic heterocycles. The van der Waals surface area contributed by atoms with Crippen LogP contribution in [0.1, 0.15) is 45.3 Å². The van der Waals surface area contributed by atoms with Crippen LogP contribution in [0.4, 0.5) is 0 Å². The van der Waals surface area contributed by atoms with Crippen molar-refractivity contribution in [2.75, 3.05) is 13.1 Å². The normalized spacial score (nSPS) is 16.1. The van der Waals surface area contributed by atoms with Crippen LogP contribution in [0.5, 0.6) is 5.75 Å². The number of carbonyl (C=O) groups excluding carboxylic acids is 1. The SMILES string of the molecule is CCC(CC)C(=O)N1CCC(Oc2cc(C)oc(=O)c2)CC1. The van der Waals surface area contributed by atoms with Gasteiger partial charge in [0, 0.05) is 37.9 Å². The minimum absolute atomic E-state index is 0.0481. The molecular formula is C17H25NO4. The fourth-order valence-electron chi connectivity index (χ4n) is 2.93. The van der Waals surface area contributed by atoms with Gasteiger partial charge in [-0.25, -0.2) is 4.79 Å². The van der Waals surface area contributed by atoms with Gasteiger partial charge in [-0.2, -0.15) is 0 Å². The first-order valence-corrected chi connectivity index (χ1v) is 8.10. The van der Waals surface area contributed by atoms with Crippen molar-refractivity contribution in [3.8, 4) is 5.75 Å². The van der Waals surface area contributed by atoms with Gasteiger partial charge in [-0.05, 0) is 19.8 Å². The molecule has 1 amide bonds. The average Bonchev–Trinajstić information content (AvgIpc) is 2.48. The van der Waals surface area contributed by atoms with Crippen molar-refractivity contribution >= 4 is 5.91 Å². The Balaban J connectivity index is 1.89. The maximum atomic E-state index is 12.3. The number of hydrogen-bond donors (Lipinski definition) is 0. The molecule has 0 atom stereocenters. The van der Waals surface area contributed by atoms with E-state index in [-0.39, 0.29) is 17.9 Å². The second-order valence-corrected chi connectivity index (χ2v) is 5.88. The molecule has 0 radical (unpaired) electrons. The van der Waals surface area contributed by atoms with Crippen LogP contribution in [0.25, 0.3) is 0 Å². The quantitative estimate of drug-likeness (QED) is 0.839. The summed E-state index contributed by atoms with van der Waals surface area (Å²) in [5.74, 6) is 1.50. The summed E-state index contributed by atoms with van der Waals surface area (Å²) in [6, 6.07) is 3.10. The van der Waals surface area contributed by atoms with Gasteiger partial charge in [0.1, 0.15) is 17.6 Å². The molecule has 1 fully saturated rings. The topological polar surface area (TPSA) is 59.8 Å². The second kappa shape index (κ2) is 7.47. The van der Waals surface area contributed by atoms with Crippen LogP contribution in [0.15, 0.2) is 21.3 Å². The van der Waals surface area contributed by atoms with Crippen molar-refractivity contribution < 1.29 is 13.9 Å². The third kappa shape index (κ3) is 4.12. The summed E-state index contributed by atoms with van der Waals surface area (Å²) < 4.78 is 10.8. The summed E-state index contributed by atoms with van der Waals surface area (Å²) in [5.41, 5.74) is -0.392. The molecule has 2 heterocycles. The molecule has 0 unspecified atom stereocenters. The minimum Gasteiger partial charge on any atom is -0.490 e. The van der Waals surface area contributed by atoms with Gasteiger partial charge in [-0.15, -0.1) is 0 Å². The highest BCUT2D eigenvalue weighted by molar-refractivity contribution is 5.78. The predicted molar refractivity (Wildman–Crippen MR) is 84.0 cm³/mol. The van der Waals surface area contributed by atoms with Gasteiger partial charge in [0.15, 0.2) is 0 Å². The fraction of sp³-hybridized carbons (Fsp3) is 0.647. The summed E-state index contributed by atoms with van der Waals surface area (Å²) in [4.78, 5) is 25.6. The number of likely N-dealkylation sites (tertiary alicyclic amines) is 1. The number of piperidine rings is 1. The third-order valence-electron chi connectivity index (χ3n) is 4.26. The van der Waals surface area contributed by atoms with Crippen LogP contribution in [-0.2, 0) is 4.79 Å². The Morgan fingerprint density at radius 2 is 1.95 bits per heavy atom. The molecule has 2 rings (SSSR count). The van der Waals surface area contributed by atoms with Crippen LogP contribution in [0.2, 0.25) is 0 Å². The predicted octanol–water partition coefficient (Wildman–Crippen LogP) is 2.75. The standard InChI is InChI=1S/C17H25NO4/c1-4-13(5-2)17(20)18-8-6-14(7-9-18)22-15-10-12(3)21-16(19)11-15/h10-11,13-14H,4-9H2,1-3H3. The zero-order valence-corrected chi connectivity index (χ0v) is 13.6. The molecule has 1 saturated heterocycles. The molecule has 0 N–H and O–H groups in total. The molecule has 22 heavy (non-hydrogen) atoms. The number of hydrogen-bond acceptors (Lipinski definition) is 4. The van der Waals surface area contributed by atoms with E-state index in [1.54, 1.807) is 13.0 Å². The molecule has 0 bridgehead atoms. The Bertz CT molecular complexity index is 554. The number of rotatable bonds is 5. The lowest BCUT2D eigenvalue weighted by atomic mass is 9.99. The highest BCUT2D eigenvalue weighted by Crippen LogP contribution is 2.21. The first-order chi connectivity index (χ1) is 10.5. The average molecular weight is 307 g/mol. The van der Waals surface area contributed by atoms with E-state index in [9.17, 15) is 9.59 Å². The lowest BCUT2D eigenvalue weighted by molar-refractivity contribution is -0.137. The zero-order chi connectivity index (χ0) is 16.1. The van der Waals surface area contributed by atoms with Crippen molar-refractivity contribution in [1.29, 1.82) is 0 Å². The number of aryl methyl sites for hydroxylation is 1. The molecule has 0 aromatic carbocycles. The van der Waals surface area contributed by atoms with E-state index in [4.69, 9.17) is 9.15 Å². The van der Waals surface area contributed by atoms with Gasteiger partial charge in [0.25, 0.3) is 0 Å². The van der Waals surface area contributed by atoms with Gasteiger partial charge in [0.05, 0.1) is 6.07 Å². The Kier molecular flexibility index (Phi) is 5.63. The van der Waals surface area contributed by atoms with E-state index in [1.807, 2.05) is 4.90 Å². The van der Waals surface area contributed by atoms with E-state index in [2.05, 4.69) is 13.8 Å². The van der Waals surface area contributed by atoms with Crippen LogP contribution < -0.4 is 10.4 Å². The number of carbonyl (C=O) groups is 1. The van der Waals surface area contributed by atoms with Gasteiger partial charge in [-0.3, -0.25) is 4.79 Å². The summed E-state index contributed by atoms with van der Waals surface area (Å²) >= 11 is 0. The smallest absolute Gasteiger partial charge is 0.339 e. The molecule has 0 aliphatic carbocycles. The molecule has 0 saturated carbocycles. The Morgan fingerprint density at radius 1 is 1.32 bits per heavy atom. The van der Waals surface area contributed by atoms with E-state index in [1.165, 1.54) is 6.07 Å². The van der Waals surface area contributed by atoms with Gasteiger partial charge in [-0.1, -0.05) is 13.8 Å². The summed E-state index contributed by atoms with van der Waals surface area (Å²) in [6.45, 7) is 7.29. The number of nitrogens with zero attached hydrogens (tertiary/aromatic N) is 1. The van der Waals surface area contributed by atoms with Crippen LogP contribution in [0.3, 0.4) is 0 Å². The van der Waals surface area contributed by atoms with Crippen molar-refractivity contribution in [3.05, 3.63) is 28.3 Å². The van der Waals surface area contributed by atoms with Gasteiger partial charge < -0.3 is 14.1 Å². The van der Waals surface area contributed by atoms with Crippen LogP contribution in [0, 0.1) is 12.8 Å². The van der Waals surface area contributed by atoms with E-state index in [0.29, 0.717) is 11.5 Å². The molecule has 0 spiro atoms.